The van der Waals surface area contributed by atoms with Gasteiger partial charge in [-0.15, -0.1) is 5.10 Å². The van der Waals surface area contributed by atoms with Crippen LogP contribution in [0.3, 0.4) is 0 Å². The summed E-state index contributed by atoms with van der Waals surface area (Å²) in [7, 11) is 0. The smallest absolute Gasteiger partial charge is 0.254 e. The van der Waals surface area contributed by atoms with Gasteiger partial charge in [0.15, 0.2) is 5.82 Å². The second-order valence-corrected chi connectivity index (χ2v) is 8.33. The van der Waals surface area contributed by atoms with Crippen molar-refractivity contribution >= 4 is 28.9 Å². The van der Waals surface area contributed by atoms with Gasteiger partial charge < -0.3 is 5.32 Å². The molecule has 0 saturated heterocycles. The van der Waals surface area contributed by atoms with Crippen molar-refractivity contribution in [3.05, 3.63) is 70.9 Å². The summed E-state index contributed by atoms with van der Waals surface area (Å²) >= 11 is 6.10. The Morgan fingerprint density at radius 2 is 1.71 bits per heavy atom. The molecule has 0 unspecified atom stereocenters. The van der Waals surface area contributed by atoms with Crippen LogP contribution < -0.4 is 5.32 Å². The molecular weight excluding hydrogens is 370 g/mol. The molecule has 0 radical (unpaired) electrons. The predicted molar refractivity (Wildman–Crippen MR) is 114 cm³/mol. The molecule has 0 bridgehead atoms. The van der Waals surface area contributed by atoms with E-state index in [1.54, 1.807) is 4.52 Å². The third-order valence-corrected chi connectivity index (χ3v) is 4.78. The van der Waals surface area contributed by atoms with Crippen molar-refractivity contribution in [1.82, 2.24) is 19.6 Å². The minimum absolute atomic E-state index is 0.109. The molecule has 0 spiro atoms. The third kappa shape index (κ3) is 3.71. The van der Waals surface area contributed by atoms with E-state index in [1.807, 2.05) is 37.3 Å². The van der Waals surface area contributed by atoms with E-state index < -0.39 is 0 Å². The summed E-state index contributed by atoms with van der Waals surface area (Å²) in [6.07, 6.45) is 0. The summed E-state index contributed by atoms with van der Waals surface area (Å²) in [6, 6.07) is 17.9. The molecule has 5 nitrogen and oxygen atoms in total. The Kier molecular flexibility index (Phi) is 4.55. The fourth-order valence-corrected chi connectivity index (χ4v) is 3.22. The number of rotatable bonds is 3. The van der Waals surface area contributed by atoms with Crippen molar-refractivity contribution in [2.75, 3.05) is 5.32 Å². The SMILES string of the molecule is Cc1cc(Nc2cccc(Cl)c2)n2nc(-c3ccc(C(C)(C)C)cc3)nc2n1. The van der Waals surface area contributed by atoms with Gasteiger partial charge in [-0.25, -0.2) is 4.98 Å². The number of anilines is 2. The van der Waals surface area contributed by atoms with Gasteiger partial charge in [0.25, 0.3) is 5.78 Å². The highest BCUT2D eigenvalue weighted by Crippen LogP contribution is 2.26. The lowest BCUT2D eigenvalue weighted by molar-refractivity contribution is 0.590. The van der Waals surface area contributed by atoms with Crippen LogP contribution in [-0.4, -0.2) is 19.6 Å². The zero-order chi connectivity index (χ0) is 19.9. The first kappa shape index (κ1) is 18.4. The minimum atomic E-state index is 0.109. The molecule has 0 aliphatic heterocycles. The standard InChI is InChI=1S/C22H22ClN5/c1-14-12-19(25-18-7-5-6-17(23)13-18)28-21(24-14)26-20(27-28)15-8-10-16(11-9-15)22(2,3)4/h5-13,25H,1-4H3. The normalized spacial score (nSPS) is 11.8. The lowest BCUT2D eigenvalue weighted by Gasteiger charge is -2.18. The molecule has 0 saturated carbocycles. The highest BCUT2D eigenvalue weighted by atomic mass is 35.5. The molecule has 0 fully saturated rings. The van der Waals surface area contributed by atoms with E-state index in [-0.39, 0.29) is 5.41 Å². The van der Waals surface area contributed by atoms with E-state index in [9.17, 15) is 0 Å². The maximum absolute atomic E-state index is 6.10. The fraction of sp³-hybridized carbons (Fsp3) is 0.227. The minimum Gasteiger partial charge on any atom is -0.340 e. The quantitative estimate of drug-likeness (QED) is 0.480. The molecule has 2 aromatic heterocycles. The number of fused-ring (bicyclic) bond motifs is 1. The van der Waals surface area contributed by atoms with Gasteiger partial charge in [0.2, 0.25) is 0 Å². The number of benzene rings is 2. The first-order valence-electron chi connectivity index (χ1n) is 9.17. The molecule has 0 amide bonds. The predicted octanol–water partition coefficient (Wildman–Crippen LogP) is 5.79. The van der Waals surface area contributed by atoms with Crippen LogP contribution in [0.4, 0.5) is 11.5 Å². The van der Waals surface area contributed by atoms with Crippen LogP contribution in [0, 0.1) is 6.92 Å². The van der Waals surface area contributed by atoms with Gasteiger partial charge in [-0.05, 0) is 36.1 Å². The van der Waals surface area contributed by atoms with Gasteiger partial charge in [0.05, 0.1) is 0 Å². The van der Waals surface area contributed by atoms with Crippen molar-refractivity contribution in [3.63, 3.8) is 0 Å². The highest BCUT2D eigenvalue weighted by molar-refractivity contribution is 6.30. The number of aryl methyl sites for hydroxylation is 1. The van der Waals surface area contributed by atoms with E-state index in [2.05, 4.69) is 65.4 Å². The molecule has 2 aromatic carbocycles. The molecule has 0 aliphatic carbocycles. The Morgan fingerprint density at radius 3 is 2.39 bits per heavy atom. The van der Waals surface area contributed by atoms with Gasteiger partial charge in [0, 0.05) is 28.0 Å². The number of nitrogens with zero attached hydrogens (tertiary/aromatic N) is 4. The Bertz CT molecular complexity index is 1140. The van der Waals surface area contributed by atoms with Crippen molar-refractivity contribution < 1.29 is 0 Å². The fourth-order valence-electron chi connectivity index (χ4n) is 3.03. The van der Waals surface area contributed by atoms with E-state index in [4.69, 9.17) is 11.6 Å². The Labute approximate surface area is 169 Å². The number of halogens is 1. The summed E-state index contributed by atoms with van der Waals surface area (Å²) in [5.41, 5.74) is 4.09. The van der Waals surface area contributed by atoms with Gasteiger partial charge in [-0.3, -0.25) is 0 Å². The largest absolute Gasteiger partial charge is 0.340 e. The first-order valence-corrected chi connectivity index (χ1v) is 9.55. The van der Waals surface area contributed by atoms with Crippen LogP contribution in [-0.2, 0) is 5.41 Å². The molecule has 0 atom stereocenters. The molecule has 4 aromatic rings. The topological polar surface area (TPSA) is 55.1 Å². The maximum atomic E-state index is 6.10. The lowest BCUT2D eigenvalue weighted by atomic mass is 9.87. The summed E-state index contributed by atoms with van der Waals surface area (Å²) in [5, 5.41) is 8.71. The van der Waals surface area contributed by atoms with Gasteiger partial charge in [0.1, 0.15) is 5.82 Å². The molecule has 0 aliphatic rings. The molecular formula is C22H22ClN5. The van der Waals surface area contributed by atoms with Crippen LogP contribution in [0.1, 0.15) is 32.0 Å². The number of aromatic nitrogens is 4. The summed E-state index contributed by atoms with van der Waals surface area (Å²) < 4.78 is 1.72. The zero-order valence-electron chi connectivity index (χ0n) is 16.4. The van der Waals surface area contributed by atoms with Gasteiger partial charge in [-0.1, -0.05) is 62.7 Å². The van der Waals surface area contributed by atoms with Crippen LogP contribution in [0.25, 0.3) is 17.2 Å². The van der Waals surface area contributed by atoms with Crippen LogP contribution in [0.15, 0.2) is 54.6 Å². The second kappa shape index (κ2) is 6.91. The van der Waals surface area contributed by atoms with E-state index >= 15 is 0 Å². The second-order valence-electron chi connectivity index (χ2n) is 7.89. The molecule has 4 rings (SSSR count). The third-order valence-electron chi connectivity index (χ3n) is 4.55. The van der Waals surface area contributed by atoms with Gasteiger partial charge >= 0.3 is 0 Å². The van der Waals surface area contributed by atoms with Crippen LogP contribution >= 0.6 is 11.6 Å². The van der Waals surface area contributed by atoms with Gasteiger partial charge in [-0.2, -0.15) is 9.50 Å². The maximum Gasteiger partial charge on any atom is 0.254 e. The average Bonchev–Trinajstić information content (AvgIpc) is 3.05. The summed E-state index contributed by atoms with van der Waals surface area (Å²) in [4.78, 5) is 9.15. The molecule has 2 heterocycles. The number of nitrogens with one attached hydrogen (secondary N) is 1. The van der Waals surface area contributed by atoms with Crippen LogP contribution in [0.2, 0.25) is 5.02 Å². The monoisotopic (exact) mass is 391 g/mol. The summed E-state index contributed by atoms with van der Waals surface area (Å²) in [6.45, 7) is 8.54. The number of hydrogen-bond donors (Lipinski definition) is 1. The highest BCUT2D eigenvalue weighted by Gasteiger charge is 2.15. The lowest BCUT2D eigenvalue weighted by Crippen LogP contribution is -2.10. The Balaban J connectivity index is 1.74. The van der Waals surface area contributed by atoms with Crippen molar-refractivity contribution in [3.8, 4) is 11.4 Å². The Morgan fingerprint density at radius 1 is 0.964 bits per heavy atom. The van der Waals surface area contributed by atoms with Crippen molar-refractivity contribution in [1.29, 1.82) is 0 Å². The van der Waals surface area contributed by atoms with E-state index in [1.165, 1.54) is 5.56 Å². The molecule has 6 heteroatoms. The van der Waals surface area contributed by atoms with Crippen molar-refractivity contribution in [2.45, 2.75) is 33.1 Å². The summed E-state index contributed by atoms with van der Waals surface area (Å²) in [5.74, 6) is 1.99. The number of hydrogen-bond acceptors (Lipinski definition) is 4. The van der Waals surface area contributed by atoms with Crippen molar-refractivity contribution in [2.24, 2.45) is 0 Å². The zero-order valence-corrected chi connectivity index (χ0v) is 17.1. The van der Waals surface area contributed by atoms with E-state index in [0.717, 1.165) is 22.8 Å². The Hall–Kier alpha value is -2.92. The molecule has 28 heavy (non-hydrogen) atoms. The first-order chi connectivity index (χ1) is 13.3. The van der Waals surface area contributed by atoms with E-state index in [0.29, 0.717) is 16.6 Å². The molecule has 1 N–H and O–H groups in total. The average molecular weight is 392 g/mol. The van der Waals surface area contributed by atoms with Crippen LogP contribution in [0.5, 0.6) is 0 Å². The molecule has 142 valence electrons.